The third-order valence-corrected chi connectivity index (χ3v) is 3.29. The zero-order chi connectivity index (χ0) is 13.9. The maximum absolute atomic E-state index is 13.2. The van der Waals surface area contributed by atoms with Gasteiger partial charge in [-0.3, -0.25) is 0 Å². The first-order valence-corrected chi connectivity index (χ1v) is 6.61. The minimum absolute atomic E-state index is 0.236. The molecule has 0 fully saturated rings. The summed E-state index contributed by atoms with van der Waals surface area (Å²) in [7, 11) is 0. The first-order valence-electron chi connectivity index (χ1n) is 6.61. The molecule has 2 aromatic carbocycles. The Morgan fingerprint density at radius 2 is 1.85 bits per heavy atom. The number of nitrogens with one attached hydrogen (secondary N) is 1. The van der Waals surface area contributed by atoms with Crippen molar-refractivity contribution in [3.63, 3.8) is 0 Å². The molecule has 0 spiro atoms. The summed E-state index contributed by atoms with van der Waals surface area (Å²) in [5, 5.41) is 3.24. The number of hydrogen-bond donors (Lipinski definition) is 1. The molecule has 3 rings (SSSR count). The van der Waals surface area contributed by atoms with Crippen LogP contribution in [0.3, 0.4) is 0 Å². The Morgan fingerprint density at radius 1 is 1.05 bits per heavy atom. The lowest BCUT2D eigenvalue weighted by Crippen LogP contribution is -2.15. The molecule has 0 atom stereocenters. The van der Waals surface area contributed by atoms with Crippen LogP contribution < -0.4 is 14.8 Å². The molecule has 0 aliphatic carbocycles. The molecule has 3 nitrogen and oxygen atoms in total. The number of hydrogen-bond acceptors (Lipinski definition) is 3. The summed E-state index contributed by atoms with van der Waals surface area (Å²) < 4.78 is 24.2. The molecule has 2 aromatic rings. The van der Waals surface area contributed by atoms with E-state index in [1.54, 1.807) is 6.07 Å². The Kier molecular flexibility index (Phi) is 3.46. The molecule has 0 amide bonds. The van der Waals surface area contributed by atoms with E-state index in [-0.39, 0.29) is 5.82 Å². The largest absolute Gasteiger partial charge is 0.486 e. The van der Waals surface area contributed by atoms with Crippen LogP contribution >= 0.6 is 0 Å². The van der Waals surface area contributed by atoms with Gasteiger partial charge in [-0.15, -0.1) is 0 Å². The number of rotatable bonds is 3. The first-order chi connectivity index (χ1) is 9.72. The van der Waals surface area contributed by atoms with Crippen molar-refractivity contribution in [1.82, 2.24) is 0 Å². The zero-order valence-electron chi connectivity index (χ0n) is 11.3. The standard InChI is InChI=1S/C16H16FNO2/c1-11-2-4-13(17)9-14(11)18-10-12-3-5-15-16(8-12)20-7-6-19-15/h2-5,8-9,18H,6-7,10H2,1H3. The van der Waals surface area contributed by atoms with Crippen molar-refractivity contribution in [3.05, 3.63) is 53.3 Å². The van der Waals surface area contributed by atoms with E-state index in [0.29, 0.717) is 19.8 Å². The van der Waals surface area contributed by atoms with Gasteiger partial charge in [0, 0.05) is 12.2 Å². The predicted octanol–water partition coefficient (Wildman–Crippen LogP) is 3.52. The van der Waals surface area contributed by atoms with E-state index in [0.717, 1.165) is 28.3 Å². The Morgan fingerprint density at radius 3 is 2.70 bits per heavy atom. The molecule has 0 radical (unpaired) electrons. The van der Waals surface area contributed by atoms with E-state index in [1.807, 2.05) is 25.1 Å². The average molecular weight is 273 g/mol. The fourth-order valence-corrected chi connectivity index (χ4v) is 2.18. The van der Waals surface area contributed by atoms with Gasteiger partial charge in [-0.25, -0.2) is 4.39 Å². The molecule has 1 N–H and O–H groups in total. The molecule has 1 aliphatic rings. The van der Waals surface area contributed by atoms with Gasteiger partial charge in [0.25, 0.3) is 0 Å². The van der Waals surface area contributed by atoms with E-state index in [1.165, 1.54) is 12.1 Å². The van der Waals surface area contributed by atoms with Gasteiger partial charge in [0.05, 0.1) is 0 Å². The van der Waals surface area contributed by atoms with Crippen LogP contribution in [-0.2, 0) is 6.54 Å². The Balaban J connectivity index is 1.73. The summed E-state index contributed by atoms with van der Waals surface area (Å²) in [6, 6.07) is 10.6. The number of anilines is 1. The maximum Gasteiger partial charge on any atom is 0.161 e. The highest BCUT2D eigenvalue weighted by atomic mass is 19.1. The molecule has 0 unspecified atom stereocenters. The molecular weight excluding hydrogens is 257 g/mol. The molecule has 4 heteroatoms. The van der Waals surface area contributed by atoms with Crippen molar-refractivity contribution in [2.75, 3.05) is 18.5 Å². The fraction of sp³-hybridized carbons (Fsp3) is 0.250. The lowest BCUT2D eigenvalue weighted by atomic mass is 10.1. The second-order valence-electron chi connectivity index (χ2n) is 4.79. The van der Waals surface area contributed by atoms with Crippen molar-refractivity contribution >= 4 is 5.69 Å². The highest BCUT2D eigenvalue weighted by Crippen LogP contribution is 2.31. The molecule has 0 saturated heterocycles. The summed E-state index contributed by atoms with van der Waals surface area (Å²) in [5.41, 5.74) is 2.89. The van der Waals surface area contributed by atoms with Crippen LogP contribution in [0.4, 0.5) is 10.1 Å². The van der Waals surface area contributed by atoms with Crippen molar-refractivity contribution in [3.8, 4) is 11.5 Å². The minimum atomic E-state index is -0.236. The number of halogens is 1. The van der Waals surface area contributed by atoms with E-state index in [4.69, 9.17) is 9.47 Å². The highest BCUT2D eigenvalue weighted by Gasteiger charge is 2.11. The summed E-state index contributed by atoms with van der Waals surface area (Å²) in [6.45, 7) is 3.73. The molecule has 0 bridgehead atoms. The van der Waals surface area contributed by atoms with Gasteiger partial charge in [-0.2, -0.15) is 0 Å². The van der Waals surface area contributed by atoms with Crippen molar-refractivity contribution < 1.29 is 13.9 Å². The van der Waals surface area contributed by atoms with Gasteiger partial charge < -0.3 is 14.8 Å². The lowest BCUT2D eigenvalue weighted by molar-refractivity contribution is 0.171. The summed E-state index contributed by atoms with van der Waals surface area (Å²) in [6.07, 6.45) is 0. The zero-order valence-corrected chi connectivity index (χ0v) is 11.3. The Hall–Kier alpha value is -2.23. The van der Waals surface area contributed by atoms with Gasteiger partial charge in [-0.05, 0) is 42.3 Å². The van der Waals surface area contributed by atoms with Gasteiger partial charge in [0.2, 0.25) is 0 Å². The molecular formula is C16H16FNO2. The molecule has 0 aromatic heterocycles. The van der Waals surface area contributed by atoms with Crippen LogP contribution in [0.15, 0.2) is 36.4 Å². The lowest BCUT2D eigenvalue weighted by Gasteiger charge is -2.19. The molecule has 1 aliphatic heterocycles. The van der Waals surface area contributed by atoms with Crippen molar-refractivity contribution in [1.29, 1.82) is 0 Å². The van der Waals surface area contributed by atoms with Crippen LogP contribution in [-0.4, -0.2) is 13.2 Å². The SMILES string of the molecule is Cc1ccc(F)cc1NCc1ccc2c(c1)OCCO2. The van der Waals surface area contributed by atoms with Crippen LogP contribution in [0.25, 0.3) is 0 Å². The average Bonchev–Trinajstić information content (AvgIpc) is 2.48. The Labute approximate surface area is 117 Å². The van der Waals surface area contributed by atoms with Crippen LogP contribution in [0.1, 0.15) is 11.1 Å². The van der Waals surface area contributed by atoms with Crippen molar-refractivity contribution in [2.24, 2.45) is 0 Å². The quantitative estimate of drug-likeness (QED) is 0.928. The number of benzene rings is 2. The predicted molar refractivity (Wildman–Crippen MR) is 75.9 cm³/mol. The second kappa shape index (κ2) is 5.41. The first kappa shape index (κ1) is 12.8. The topological polar surface area (TPSA) is 30.5 Å². The number of aryl methyl sites for hydroxylation is 1. The van der Waals surface area contributed by atoms with E-state index in [2.05, 4.69) is 5.32 Å². The van der Waals surface area contributed by atoms with Crippen LogP contribution in [0.2, 0.25) is 0 Å². The monoisotopic (exact) mass is 273 g/mol. The normalized spacial score (nSPS) is 13.1. The smallest absolute Gasteiger partial charge is 0.161 e. The molecule has 0 saturated carbocycles. The summed E-state index contributed by atoms with van der Waals surface area (Å²) in [5.74, 6) is 1.31. The van der Waals surface area contributed by atoms with E-state index in [9.17, 15) is 4.39 Å². The van der Waals surface area contributed by atoms with E-state index >= 15 is 0 Å². The minimum Gasteiger partial charge on any atom is -0.486 e. The van der Waals surface area contributed by atoms with E-state index < -0.39 is 0 Å². The summed E-state index contributed by atoms with van der Waals surface area (Å²) in [4.78, 5) is 0. The van der Waals surface area contributed by atoms with Crippen molar-refractivity contribution in [2.45, 2.75) is 13.5 Å². The number of ether oxygens (including phenoxy) is 2. The fourth-order valence-electron chi connectivity index (χ4n) is 2.18. The summed E-state index contributed by atoms with van der Waals surface area (Å²) >= 11 is 0. The van der Waals surface area contributed by atoms with Crippen LogP contribution in [0.5, 0.6) is 11.5 Å². The van der Waals surface area contributed by atoms with Gasteiger partial charge in [-0.1, -0.05) is 12.1 Å². The maximum atomic E-state index is 13.2. The Bertz CT molecular complexity index is 628. The van der Waals surface area contributed by atoms with Crippen LogP contribution in [0, 0.1) is 12.7 Å². The third kappa shape index (κ3) is 2.69. The molecule has 104 valence electrons. The third-order valence-electron chi connectivity index (χ3n) is 3.29. The molecule has 20 heavy (non-hydrogen) atoms. The molecule has 1 heterocycles. The highest BCUT2D eigenvalue weighted by molar-refractivity contribution is 5.52. The number of fused-ring (bicyclic) bond motifs is 1. The van der Waals surface area contributed by atoms with Gasteiger partial charge in [0.1, 0.15) is 19.0 Å². The van der Waals surface area contributed by atoms with Gasteiger partial charge >= 0.3 is 0 Å². The second-order valence-corrected chi connectivity index (χ2v) is 4.79. The van der Waals surface area contributed by atoms with Gasteiger partial charge in [0.15, 0.2) is 11.5 Å².